The number of nitrogens with zero attached hydrogens (tertiary/aromatic N) is 2. The molecule has 1 aliphatic carbocycles. The maximum Gasteiger partial charge on any atom is 0.306 e. The molecule has 3 rings (SSSR count). The van der Waals surface area contributed by atoms with Crippen LogP contribution in [0.15, 0.2) is 22.7 Å². The molecule has 0 atom stereocenters. The molecule has 2 aromatic rings. The van der Waals surface area contributed by atoms with E-state index in [9.17, 15) is 9.59 Å². The van der Waals surface area contributed by atoms with Crippen molar-refractivity contribution in [2.75, 3.05) is 0 Å². The lowest BCUT2D eigenvalue weighted by atomic mass is 9.89. The molecule has 0 saturated heterocycles. The highest BCUT2D eigenvalue weighted by Gasteiger charge is 2.21. The van der Waals surface area contributed by atoms with E-state index in [1.165, 1.54) is 24.0 Å². The minimum Gasteiger partial charge on any atom is -0.456 e. The van der Waals surface area contributed by atoms with Crippen LogP contribution >= 0.6 is 0 Å². The van der Waals surface area contributed by atoms with E-state index in [0.29, 0.717) is 11.4 Å². The molecule has 0 unspecified atom stereocenters. The normalized spacial score (nSPS) is 13.9. The van der Waals surface area contributed by atoms with Gasteiger partial charge in [-0.1, -0.05) is 38.1 Å². The van der Waals surface area contributed by atoms with Gasteiger partial charge >= 0.3 is 5.97 Å². The first-order valence-electron chi connectivity index (χ1n) is 9.46. The van der Waals surface area contributed by atoms with Crippen molar-refractivity contribution < 1.29 is 18.8 Å². The molecule has 1 heterocycles. The quantitative estimate of drug-likeness (QED) is 0.565. The van der Waals surface area contributed by atoms with Gasteiger partial charge in [0.1, 0.15) is 0 Å². The van der Waals surface area contributed by atoms with Gasteiger partial charge in [0.05, 0.1) is 6.42 Å². The molecule has 0 N–H and O–H groups in total. The Bertz CT molecular complexity index is 833. The third-order valence-corrected chi connectivity index (χ3v) is 4.72. The largest absolute Gasteiger partial charge is 0.456 e. The smallest absolute Gasteiger partial charge is 0.306 e. The van der Waals surface area contributed by atoms with Crippen molar-refractivity contribution in [2.24, 2.45) is 0 Å². The van der Waals surface area contributed by atoms with E-state index in [1.807, 2.05) is 39.0 Å². The molecule has 1 aromatic heterocycles. The lowest BCUT2D eigenvalue weighted by Gasteiger charge is -2.16. The molecule has 6 heteroatoms. The summed E-state index contributed by atoms with van der Waals surface area (Å²) in [6.45, 7) is 5.84. The van der Waals surface area contributed by atoms with Crippen LogP contribution in [-0.2, 0) is 34.4 Å². The van der Waals surface area contributed by atoms with Crippen molar-refractivity contribution in [3.8, 4) is 0 Å². The van der Waals surface area contributed by atoms with Crippen LogP contribution in [0.4, 0.5) is 0 Å². The first kappa shape index (κ1) is 19.3. The van der Waals surface area contributed by atoms with Crippen LogP contribution < -0.4 is 0 Å². The molecule has 0 radical (unpaired) electrons. The SMILES string of the molecule is CC(C)(C)c1noc(COC(=O)CCC(=O)c2ccc3c(c2)CCCC3)n1. The Kier molecular flexibility index (Phi) is 5.73. The lowest BCUT2D eigenvalue weighted by molar-refractivity contribution is -0.145. The number of aryl methyl sites for hydroxylation is 2. The molecule has 0 fully saturated rings. The fourth-order valence-corrected chi connectivity index (χ4v) is 3.10. The van der Waals surface area contributed by atoms with Crippen molar-refractivity contribution in [3.63, 3.8) is 0 Å². The minimum absolute atomic E-state index is 0.0341. The third kappa shape index (κ3) is 5.02. The van der Waals surface area contributed by atoms with Crippen LogP contribution in [-0.4, -0.2) is 21.9 Å². The van der Waals surface area contributed by atoms with Crippen molar-refractivity contribution >= 4 is 11.8 Å². The van der Waals surface area contributed by atoms with Crippen molar-refractivity contribution in [3.05, 3.63) is 46.6 Å². The van der Waals surface area contributed by atoms with Crippen molar-refractivity contribution in [2.45, 2.75) is 71.3 Å². The monoisotopic (exact) mass is 370 g/mol. The number of esters is 1. The molecule has 144 valence electrons. The van der Waals surface area contributed by atoms with E-state index < -0.39 is 5.97 Å². The van der Waals surface area contributed by atoms with Crippen LogP contribution in [0.25, 0.3) is 0 Å². The Morgan fingerprint density at radius 3 is 2.56 bits per heavy atom. The van der Waals surface area contributed by atoms with Gasteiger partial charge in [-0.3, -0.25) is 9.59 Å². The maximum absolute atomic E-state index is 12.4. The minimum atomic E-state index is -0.447. The number of carbonyl (C=O) groups is 2. The lowest BCUT2D eigenvalue weighted by Crippen LogP contribution is -2.13. The van der Waals surface area contributed by atoms with Gasteiger partial charge in [-0.25, -0.2) is 0 Å². The standard InChI is InChI=1S/C21H26N2O4/c1-21(2,3)20-22-18(27-23-20)13-26-19(25)11-10-17(24)16-9-8-14-6-4-5-7-15(14)12-16/h8-9,12H,4-7,10-11,13H2,1-3H3. The maximum atomic E-state index is 12.4. The Morgan fingerprint density at radius 1 is 1.11 bits per heavy atom. The number of benzene rings is 1. The van der Waals surface area contributed by atoms with Crippen molar-refractivity contribution in [1.29, 1.82) is 0 Å². The molecule has 1 aliphatic rings. The number of hydrogen-bond donors (Lipinski definition) is 0. The molecule has 27 heavy (non-hydrogen) atoms. The van der Waals surface area contributed by atoms with Gasteiger partial charge in [0.2, 0.25) is 0 Å². The predicted molar refractivity (Wildman–Crippen MR) is 99.4 cm³/mol. The number of carbonyl (C=O) groups excluding carboxylic acids is 2. The number of fused-ring (bicyclic) bond motifs is 1. The zero-order valence-electron chi connectivity index (χ0n) is 16.2. The van der Waals surface area contributed by atoms with Gasteiger partial charge in [-0.05, 0) is 42.9 Å². The first-order valence-corrected chi connectivity index (χ1v) is 9.46. The second kappa shape index (κ2) is 8.03. The van der Waals surface area contributed by atoms with Crippen LogP contribution in [0.2, 0.25) is 0 Å². The summed E-state index contributed by atoms with van der Waals surface area (Å²) in [5.41, 5.74) is 3.05. The van der Waals surface area contributed by atoms with Gasteiger partial charge in [-0.2, -0.15) is 4.98 Å². The summed E-state index contributed by atoms with van der Waals surface area (Å²) in [6, 6.07) is 5.89. The van der Waals surface area contributed by atoms with E-state index in [2.05, 4.69) is 10.1 Å². The highest BCUT2D eigenvalue weighted by atomic mass is 16.6. The summed E-state index contributed by atoms with van der Waals surface area (Å²) in [7, 11) is 0. The first-order chi connectivity index (χ1) is 12.8. The fraction of sp³-hybridized carbons (Fsp3) is 0.524. The molecule has 1 aromatic carbocycles. The predicted octanol–water partition coefficient (Wildman–Crippen LogP) is 3.95. The van der Waals surface area contributed by atoms with E-state index in [1.54, 1.807) is 0 Å². The van der Waals surface area contributed by atoms with E-state index in [0.717, 1.165) is 12.8 Å². The summed E-state index contributed by atoms with van der Waals surface area (Å²) >= 11 is 0. The Hall–Kier alpha value is -2.50. The number of ketones is 1. The van der Waals surface area contributed by atoms with Gasteiger partial charge in [0.15, 0.2) is 18.2 Å². The Morgan fingerprint density at radius 2 is 1.85 bits per heavy atom. The van der Waals surface area contributed by atoms with E-state index in [-0.39, 0.29) is 36.5 Å². The molecule has 0 amide bonds. The molecule has 0 bridgehead atoms. The van der Waals surface area contributed by atoms with Crippen LogP contribution in [0.1, 0.15) is 79.7 Å². The van der Waals surface area contributed by atoms with Crippen LogP contribution in [0.5, 0.6) is 0 Å². The Labute approximate surface area is 159 Å². The topological polar surface area (TPSA) is 82.3 Å². The molecule has 0 aliphatic heterocycles. The summed E-state index contributed by atoms with van der Waals surface area (Å²) in [5, 5.41) is 3.88. The number of aromatic nitrogens is 2. The highest BCUT2D eigenvalue weighted by Crippen LogP contribution is 2.23. The average molecular weight is 370 g/mol. The molecular weight excluding hydrogens is 344 g/mol. The highest BCUT2D eigenvalue weighted by molar-refractivity contribution is 5.97. The second-order valence-electron chi connectivity index (χ2n) is 8.04. The van der Waals surface area contributed by atoms with Crippen LogP contribution in [0, 0.1) is 0 Å². The van der Waals surface area contributed by atoms with E-state index >= 15 is 0 Å². The van der Waals surface area contributed by atoms with Gasteiger partial charge in [-0.15, -0.1) is 0 Å². The second-order valence-corrected chi connectivity index (χ2v) is 8.04. The summed E-state index contributed by atoms with van der Waals surface area (Å²) in [5.74, 6) is 0.343. The van der Waals surface area contributed by atoms with E-state index in [4.69, 9.17) is 9.26 Å². The molecule has 0 saturated carbocycles. The van der Waals surface area contributed by atoms with Crippen molar-refractivity contribution in [1.82, 2.24) is 10.1 Å². The molecule has 6 nitrogen and oxygen atoms in total. The summed E-state index contributed by atoms with van der Waals surface area (Å²) in [6.07, 6.45) is 4.67. The number of rotatable bonds is 6. The number of hydrogen-bond acceptors (Lipinski definition) is 6. The molecular formula is C21H26N2O4. The summed E-state index contributed by atoms with van der Waals surface area (Å²) < 4.78 is 10.2. The van der Waals surface area contributed by atoms with Gasteiger partial charge in [0.25, 0.3) is 5.89 Å². The average Bonchev–Trinajstić information content (AvgIpc) is 3.13. The molecule has 0 spiro atoms. The Balaban J connectivity index is 1.47. The van der Waals surface area contributed by atoms with Crippen LogP contribution in [0.3, 0.4) is 0 Å². The zero-order chi connectivity index (χ0) is 19.4. The number of ether oxygens (including phenoxy) is 1. The number of Topliss-reactive ketones (excluding diaryl/α,β-unsaturated/α-hetero) is 1. The fourth-order valence-electron chi connectivity index (χ4n) is 3.10. The zero-order valence-corrected chi connectivity index (χ0v) is 16.2. The summed E-state index contributed by atoms with van der Waals surface area (Å²) in [4.78, 5) is 28.5. The van der Waals surface area contributed by atoms with Gasteiger partial charge < -0.3 is 9.26 Å². The third-order valence-electron chi connectivity index (χ3n) is 4.72. The van der Waals surface area contributed by atoms with Gasteiger partial charge in [0, 0.05) is 17.4 Å².